The summed E-state index contributed by atoms with van der Waals surface area (Å²) in [6, 6.07) is 11.3. The van der Waals surface area contributed by atoms with Gasteiger partial charge in [-0.1, -0.05) is 12.1 Å². The lowest BCUT2D eigenvalue weighted by Gasteiger charge is -2.07. The maximum atomic E-state index is 13.0. The fraction of sp³-hybridized carbons (Fsp3) is 0.176. The van der Waals surface area contributed by atoms with Crippen LogP contribution in [0.5, 0.6) is 0 Å². The largest absolute Gasteiger partial charge is 0.462 e. The fourth-order valence-electron chi connectivity index (χ4n) is 2.43. The molecule has 0 aliphatic rings. The van der Waals surface area contributed by atoms with Gasteiger partial charge in [0.05, 0.1) is 29.7 Å². The predicted molar refractivity (Wildman–Crippen MR) is 85.6 cm³/mol. The number of carbonyl (C=O) groups excluding carboxylic acids is 1. The molecule has 0 saturated heterocycles. The van der Waals surface area contributed by atoms with Gasteiger partial charge < -0.3 is 15.0 Å². The lowest BCUT2D eigenvalue weighted by Crippen LogP contribution is -2.05. The van der Waals surface area contributed by atoms with Gasteiger partial charge in [-0.2, -0.15) is 0 Å². The number of nitrogens with two attached hydrogens (primary N) is 1. The Morgan fingerprint density at radius 1 is 1.26 bits per heavy atom. The molecule has 0 saturated carbocycles. The van der Waals surface area contributed by atoms with Crippen LogP contribution in [0, 0.1) is 5.82 Å². The Morgan fingerprint density at radius 2 is 2.00 bits per heavy atom. The van der Waals surface area contributed by atoms with E-state index in [-0.39, 0.29) is 11.8 Å². The summed E-state index contributed by atoms with van der Waals surface area (Å²) in [6.45, 7) is 2.55. The van der Waals surface area contributed by atoms with E-state index >= 15 is 0 Å². The average molecular weight is 313 g/mol. The van der Waals surface area contributed by atoms with Crippen molar-refractivity contribution in [1.29, 1.82) is 0 Å². The first kappa shape index (κ1) is 15.0. The van der Waals surface area contributed by atoms with Gasteiger partial charge in [-0.15, -0.1) is 0 Å². The van der Waals surface area contributed by atoms with Crippen LogP contribution >= 0.6 is 0 Å². The van der Waals surface area contributed by atoms with Gasteiger partial charge in [0.2, 0.25) is 5.95 Å². The van der Waals surface area contributed by atoms with Gasteiger partial charge in [-0.3, -0.25) is 0 Å². The SMILES string of the molecule is CCOC(=O)c1ccc2c(c1)nc(N)n2Cc1ccc(F)cc1. The second-order valence-corrected chi connectivity index (χ2v) is 5.11. The number of rotatable bonds is 4. The zero-order valence-electron chi connectivity index (χ0n) is 12.6. The van der Waals surface area contributed by atoms with E-state index in [2.05, 4.69) is 4.98 Å². The maximum Gasteiger partial charge on any atom is 0.338 e. The van der Waals surface area contributed by atoms with Crippen molar-refractivity contribution in [1.82, 2.24) is 9.55 Å². The molecule has 0 bridgehead atoms. The highest BCUT2D eigenvalue weighted by Gasteiger charge is 2.13. The highest BCUT2D eigenvalue weighted by molar-refractivity contribution is 5.94. The molecule has 0 spiro atoms. The first-order valence-corrected chi connectivity index (χ1v) is 7.26. The fourth-order valence-corrected chi connectivity index (χ4v) is 2.43. The van der Waals surface area contributed by atoms with Crippen molar-refractivity contribution in [3.05, 3.63) is 59.4 Å². The summed E-state index contributed by atoms with van der Waals surface area (Å²) in [5.74, 6) is -0.331. The molecule has 0 atom stereocenters. The molecular weight excluding hydrogens is 297 g/mol. The number of benzene rings is 2. The lowest BCUT2D eigenvalue weighted by molar-refractivity contribution is 0.0526. The molecule has 3 rings (SSSR count). The number of nitrogen functional groups attached to an aromatic ring is 1. The maximum absolute atomic E-state index is 13.0. The summed E-state index contributed by atoms with van der Waals surface area (Å²) in [6.07, 6.45) is 0. The molecule has 3 aromatic rings. The van der Waals surface area contributed by atoms with Gasteiger partial charge in [0.15, 0.2) is 0 Å². The van der Waals surface area contributed by atoms with Crippen LogP contribution in [-0.4, -0.2) is 22.1 Å². The van der Waals surface area contributed by atoms with Gasteiger partial charge in [0.1, 0.15) is 5.82 Å². The Morgan fingerprint density at radius 3 is 2.70 bits per heavy atom. The first-order valence-electron chi connectivity index (χ1n) is 7.26. The van der Waals surface area contributed by atoms with Crippen molar-refractivity contribution in [3.63, 3.8) is 0 Å². The van der Waals surface area contributed by atoms with Crippen molar-refractivity contribution >= 4 is 23.0 Å². The number of fused-ring (bicyclic) bond motifs is 1. The quantitative estimate of drug-likeness (QED) is 0.752. The highest BCUT2D eigenvalue weighted by atomic mass is 19.1. The van der Waals surface area contributed by atoms with E-state index in [4.69, 9.17) is 10.5 Å². The molecule has 0 aliphatic carbocycles. The molecule has 0 amide bonds. The number of halogens is 1. The number of aromatic nitrogens is 2. The molecule has 1 aromatic heterocycles. The predicted octanol–water partition coefficient (Wildman–Crippen LogP) is 2.98. The van der Waals surface area contributed by atoms with Crippen LogP contribution in [0.2, 0.25) is 0 Å². The van der Waals surface area contributed by atoms with E-state index in [9.17, 15) is 9.18 Å². The number of hydrogen-bond acceptors (Lipinski definition) is 4. The van der Waals surface area contributed by atoms with Gasteiger partial charge in [0, 0.05) is 0 Å². The average Bonchev–Trinajstić information content (AvgIpc) is 2.85. The van der Waals surface area contributed by atoms with Crippen molar-refractivity contribution < 1.29 is 13.9 Å². The third kappa shape index (κ3) is 3.01. The van der Waals surface area contributed by atoms with Crippen LogP contribution < -0.4 is 5.73 Å². The Balaban J connectivity index is 1.96. The lowest BCUT2D eigenvalue weighted by atomic mass is 10.2. The van der Waals surface area contributed by atoms with Crippen LogP contribution in [-0.2, 0) is 11.3 Å². The van der Waals surface area contributed by atoms with E-state index in [0.717, 1.165) is 11.1 Å². The summed E-state index contributed by atoms with van der Waals surface area (Å²) in [7, 11) is 0. The smallest absolute Gasteiger partial charge is 0.338 e. The van der Waals surface area contributed by atoms with Crippen LogP contribution in [0.25, 0.3) is 11.0 Å². The van der Waals surface area contributed by atoms with Gasteiger partial charge in [-0.25, -0.2) is 14.2 Å². The van der Waals surface area contributed by atoms with Crippen molar-refractivity contribution in [2.45, 2.75) is 13.5 Å². The van der Waals surface area contributed by atoms with Crippen LogP contribution in [0.1, 0.15) is 22.8 Å². The summed E-state index contributed by atoms with van der Waals surface area (Å²) >= 11 is 0. The van der Waals surface area contributed by atoms with Gasteiger partial charge in [-0.05, 0) is 42.8 Å². The van der Waals surface area contributed by atoms with Crippen LogP contribution in [0.3, 0.4) is 0 Å². The topological polar surface area (TPSA) is 70.1 Å². The van der Waals surface area contributed by atoms with Crippen LogP contribution in [0.4, 0.5) is 10.3 Å². The standard InChI is InChI=1S/C17H16FN3O2/c1-2-23-16(22)12-5-8-15-14(9-12)20-17(19)21(15)10-11-3-6-13(18)7-4-11/h3-9H,2,10H2,1H3,(H2,19,20). The zero-order chi connectivity index (χ0) is 16.4. The Hall–Kier alpha value is -2.89. The van der Waals surface area contributed by atoms with Crippen molar-refractivity contribution in [2.75, 3.05) is 12.3 Å². The Bertz CT molecular complexity index is 856. The molecule has 2 N–H and O–H groups in total. The number of esters is 1. The molecule has 23 heavy (non-hydrogen) atoms. The summed E-state index contributed by atoms with van der Waals surface area (Å²) in [5.41, 5.74) is 8.75. The molecule has 0 radical (unpaired) electrons. The molecule has 6 heteroatoms. The minimum atomic E-state index is -0.388. The molecular formula is C17H16FN3O2. The normalized spacial score (nSPS) is 10.9. The molecule has 2 aromatic carbocycles. The number of ether oxygens (including phenoxy) is 1. The molecule has 0 fully saturated rings. The Kier molecular flexibility index (Phi) is 3.97. The number of anilines is 1. The van der Waals surface area contributed by atoms with E-state index in [1.54, 1.807) is 37.3 Å². The minimum absolute atomic E-state index is 0.281. The van der Waals surface area contributed by atoms with Crippen molar-refractivity contribution in [2.24, 2.45) is 0 Å². The molecule has 118 valence electrons. The van der Waals surface area contributed by atoms with E-state index in [1.807, 2.05) is 4.57 Å². The monoisotopic (exact) mass is 313 g/mol. The molecule has 0 unspecified atom stereocenters. The van der Waals surface area contributed by atoms with E-state index in [0.29, 0.717) is 30.2 Å². The minimum Gasteiger partial charge on any atom is -0.462 e. The molecule has 1 heterocycles. The van der Waals surface area contributed by atoms with E-state index in [1.165, 1.54) is 12.1 Å². The zero-order valence-corrected chi connectivity index (χ0v) is 12.6. The second-order valence-electron chi connectivity index (χ2n) is 5.11. The summed E-state index contributed by atoms with van der Waals surface area (Å²) in [4.78, 5) is 16.1. The third-order valence-electron chi connectivity index (χ3n) is 3.54. The second kappa shape index (κ2) is 6.08. The highest BCUT2D eigenvalue weighted by Crippen LogP contribution is 2.21. The van der Waals surface area contributed by atoms with Gasteiger partial charge >= 0.3 is 5.97 Å². The summed E-state index contributed by atoms with van der Waals surface area (Å²) in [5, 5.41) is 0. The Labute approximate surface area is 132 Å². The first-order chi connectivity index (χ1) is 11.1. The number of carbonyl (C=O) groups is 1. The van der Waals surface area contributed by atoms with Crippen molar-refractivity contribution in [3.8, 4) is 0 Å². The number of nitrogens with zero attached hydrogens (tertiary/aromatic N) is 2. The number of imidazole rings is 1. The van der Waals surface area contributed by atoms with E-state index < -0.39 is 0 Å². The summed E-state index contributed by atoms with van der Waals surface area (Å²) < 4.78 is 19.8. The van der Waals surface area contributed by atoms with Crippen LogP contribution in [0.15, 0.2) is 42.5 Å². The number of hydrogen-bond donors (Lipinski definition) is 1. The van der Waals surface area contributed by atoms with Gasteiger partial charge in [0.25, 0.3) is 0 Å². The third-order valence-corrected chi connectivity index (χ3v) is 3.54. The molecule has 0 aliphatic heterocycles. The molecule has 5 nitrogen and oxygen atoms in total.